The van der Waals surface area contributed by atoms with Gasteiger partial charge in [-0.05, 0) is 34.5 Å². The molecule has 0 saturated carbocycles. The molecule has 0 unspecified atom stereocenters. The molecule has 0 saturated heterocycles. The van der Waals surface area contributed by atoms with Crippen LogP contribution in [0.15, 0.2) is 33.4 Å². The second kappa shape index (κ2) is 5.11. The zero-order valence-electron chi connectivity index (χ0n) is 8.40. The average Bonchev–Trinajstić information content (AvgIpc) is 2.88. The summed E-state index contributed by atoms with van der Waals surface area (Å²) in [5, 5.41) is 7.53. The third kappa shape index (κ3) is 2.92. The fourth-order valence-corrected chi connectivity index (χ4v) is 2.02. The van der Waals surface area contributed by atoms with E-state index in [2.05, 4.69) is 22.1 Å². The van der Waals surface area contributed by atoms with Gasteiger partial charge in [0.2, 0.25) is 0 Å². The van der Waals surface area contributed by atoms with Gasteiger partial charge in [0, 0.05) is 6.54 Å². The van der Waals surface area contributed by atoms with E-state index in [1.54, 1.807) is 11.3 Å². The second-order valence-corrected chi connectivity index (χ2v) is 4.09. The molecule has 15 heavy (non-hydrogen) atoms. The van der Waals surface area contributed by atoms with Gasteiger partial charge in [-0.1, -0.05) is 0 Å². The molecule has 0 amide bonds. The Balaban J connectivity index is 1.78. The molecule has 0 aliphatic carbocycles. The summed E-state index contributed by atoms with van der Waals surface area (Å²) in [6.07, 6.45) is 0. The minimum atomic E-state index is 0.463. The highest BCUT2D eigenvalue weighted by Gasteiger charge is 1.99. The minimum Gasteiger partial charge on any atom is -0.463 e. The number of nitrogens with one attached hydrogen (secondary N) is 1. The van der Waals surface area contributed by atoms with E-state index in [1.165, 1.54) is 5.56 Å². The van der Waals surface area contributed by atoms with Crippen molar-refractivity contribution in [2.75, 3.05) is 0 Å². The maximum Gasteiger partial charge on any atom is 0.118 e. The summed E-state index contributed by atoms with van der Waals surface area (Å²) in [6.45, 7) is 2.09. The molecule has 0 fully saturated rings. The van der Waals surface area contributed by atoms with Crippen molar-refractivity contribution in [1.29, 1.82) is 0 Å². The molecule has 0 spiro atoms. The van der Waals surface area contributed by atoms with E-state index >= 15 is 0 Å². The van der Waals surface area contributed by atoms with Gasteiger partial charge in [-0.15, -0.1) is 0 Å². The van der Waals surface area contributed by atoms with Gasteiger partial charge < -0.3 is 15.5 Å². The van der Waals surface area contributed by atoms with Crippen LogP contribution in [0.2, 0.25) is 0 Å². The molecule has 0 aromatic carbocycles. The van der Waals surface area contributed by atoms with E-state index in [4.69, 9.17) is 10.2 Å². The molecule has 3 nitrogen and oxygen atoms in total. The minimum absolute atomic E-state index is 0.463. The van der Waals surface area contributed by atoms with Crippen molar-refractivity contribution >= 4 is 11.3 Å². The van der Waals surface area contributed by atoms with Crippen LogP contribution >= 0.6 is 11.3 Å². The Kier molecular flexibility index (Phi) is 3.55. The topological polar surface area (TPSA) is 51.2 Å². The molecule has 80 valence electrons. The summed E-state index contributed by atoms with van der Waals surface area (Å²) in [5.41, 5.74) is 6.77. The summed E-state index contributed by atoms with van der Waals surface area (Å²) >= 11 is 1.71. The Morgan fingerprint density at radius 3 is 2.73 bits per heavy atom. The lowest BCUT2D eigenvalue weighted by Crippen LogP contribution is -2.11. The van der Waals surface area contributed by atoms with Crippen molar-refractivity contribution in [1.82, 2.24) is 5.32 Å². The maximum atomic E-state index is 5.47. The molecule has 0 aliphatic rings. The summed E-state index contributed by atoms with van der Waals surface area (Å²) in [4.78, 5) is 0. The van der Waals surface area contributed by atoms with Gasteiger partial charge in [-0.2, -0.15) is 11.3 Å². The molecule has 0 radical (unpaired) electrons. The van der Waals surface area contributed by atoms with E-state index in [0.717, 1.165) is 24.6 Å². The molecule has 2 aromatic rings. The third-order valence-corrected chi connectivity index (χ3v) is 2.86. The highest BCUT2D eigenvalue weighted by atomic mass is 32.1. The number of rotatable bonds is 5. The van der Waals surface area contributed by atoms with Crippen molar-refractivity contribution < 1.29 is 4.42 Å². The van der Waals surface area contributed by atoms with Gasteiger partial charge in [0.25, 0.3) is 0 Å². The molecule has 0 atom stereocenters. The quantitative estimate of drug-likeness (QED) is 0.814. The maximum absolute atomic E-state index is 5.47. The largest absolute Gasteiger partial charge is 0.463 e. The molecule has 2 heterocycles. The van der Waals surface area contributed by atoms with Gasteiger partial charge in [-0.25, -0.2) is 0 Å². The lowest BCUT2D eigenvalue weighted by Gasteiger charge is -2.00. The van der Waals surface area contributed by atoms with Gasteiger partial charge in [-0.3, -0.25) is 0 Å². The smallest absolute Gasteiger partial charge is 0.118 e. The first kappa shape index (κ1) is 10.4. The van der Waals surface area contributed by atoms with Crippen LogP contribution in [-0.2, 0) is 19.6 Å². The summed E-state index contributed by atoms with van der Waals surface area (Å²) < 4.78 is 5.47. The first-order valence-electron chi connectivity index (χ1n) is 4.88. The first-order valence-corrected chi connectivity index (χ1v) is 5.82. The van der Waals surface area contributed by atoms with Crippen molar-refractivity contribution in [3.05, 3.63) is 46.0 Å². The van der Waals surface area contributed by atoms with Crippen LogP contribution in [-0.4, -0.2) is 0 Å². The Labute approximate surface area is 92.9 Å². The zero-order valence-corrected chi connectivity index (χ0v) is 9.22. The van der Waals surface area contributed by atoms with E-state index in [9.17, 15) is 0 Å². The van der Waals surface area contributed by atoms with E-state index in [1.807, 2.05) is 12.1 Å². The van der Waals surface area contributed by atoms with Crippen molar-refractivity contribution in [3.8, 4) is 0 Å². The lowest BCUT2D eigenvalue weighted by molar-refractivity contribution is 0.448. The van der Waals surface area contributed by atoms with E-state index in [-0.39, 0.29) is 0 Å². The monoisotopic (exact) mass is 222 g/mol. The fraction of sp³-hybridized carbons (Fsp3) is 0.273. The summed E-state index contributed by atoms with van der Waals surface area (Å²) in [6, 6.07) is 6.00. The number of furan rings is 1. The number of hydrogen-bond acceptors (Lipinski definition) is 4. The van der Waals surface area contributed by atoms with Crippen LogP contribution in [0.4, 0.5) is 0 Å². The van der Waals surface area contributed by atoms with Gasteiger partial charge in [0.1, 0.15) is 11.5 Å². The van der Waals surface area contributed by atoms with E-state index in [0.29, 0.717) is 6.54 Å². The Bertz CT molecular complexity index is 394. The second-order valence-electron chi connectivity index (χ2n) is 3.31. The van der Waals surface area contributed by atoms with Crippen LogP contribution in [0.5, 0.6) is 0 Å². The Morgan fingerprint density at radius 1 is 1.20 bits per heavy atom. The highest BCUT2D eigenvalue weighted by Crippen LogP contribution is 2.08. The molecule has 0 bridgehead atoms. The van der Waals surface area contributed by atoms with Crippen LogP contribution < -0.4 is 11.1 Å². The van der Waals surface area contributed by atoms with Crippen molar-refractivity contribution in [3.63, 3.8) is 0 Å². The molecule has 2 rings (SSSR count). The molecular weight excluding hydrogens is 208 g/mol. The Hall–Kier alpha value is -1.10. The van der Waals surface area contributed by atoms with Crippen molar-refractivity contribution in [2.24, 2.45) is 5.73 Å². The van der Waals surface area contributed by atoms with E-state index < -0.39 is 0 Å². The summed E-state index contributed by atoms with van der Waals surface area (Å²) in [7, 11) is 0. The van der Waals surface area contributed by atoms with Crippen LogP contribution in [0.25, 0.3) is 0 Å². The number of nitrogens with two attached hydrogens (primary N) is 1. The van der Waals surface area contributed by atoms with Crippen LogP contribution in [0, 0.1) is 0 Å². The standard InChI is InChI=1S/C11H14N2OS/c12-5-10-1-2-11(14-10)7-13-6-9-3-4-15-8-9/h1-4,8,13H,5-7,12H2. The SMILES string of the molecule is NCc1ccc(CNCc2ccsc2)o1. The van der Waals surface area contributed by atoms with Gasteiger partial charge >= 0.3 is 0 Å². The normalized spacial score (nSPS) is 10.7. The average molecular weight is 222 g/mol. The molecule has 2 aromatic heterocycles. The third-order valence-electron chi connectivity index (χ3n) is 2.13. The predicted octanol–water partition coefficient (Wildman–Crippen LogP) is 2.09. The van der Waals surface area contributed by atoms with Gasteiger partial charge in [0.05, 0.1) is 13.1 Å². The lowest BCUT2D eigenvalue weighted by atomic mass is 10.3. The Morgan fingerprint density at radius 2 is 2.07 bits per heavy atom. The first-order chi connectivity index (χ1) is 7.38. The van der Waals surface area contributed by atoms with Crippen molar-refractivity contribution in [2.45, 2.75) is 19.6 Å². The highest BCUT2D eigenvalue weighted by molar-refractivity contribution is 7.07. The molecular formula is C11H14N2OS. The summed E-state index contributed by atoms with van der Waals surface area (Å²) in [5.74, 6) is 1.77. The van der Waals surface area contributed by atoms with Crippen LogP contribution in [0.1, 0.15) is 17.1 Å². The fourth-order valence-electron chi connectivity index (χ4n) is 1.35. The molecule has 4 heteroatoms. The molecule has 0 aliphatic heterocycles. The zero-order chi connectivity index (χ0) is 10.5. The number of thiophene rings is 1. The van der Waals surface area contributed by atoms with Crippen LogP contribution in [0.3, 0.4) is 0 Å². The van der Waals surface area contributed by atoms with Gasteiger partial charge in [0.15, 0.2) is 0 Å². The number of hydrogen-bond donors (Lipinski definition) is 2. The molecule has 3 N–H and O–H groups in total. The predicted molar refractivity (Wildman–Crippen MR) is 61.5 cm³/mol.